The molecule has 1 aliphatic heterocycles. The lowest BCUT2D eigenvalue weighted by Gasteiger charge is -2.13. The van der Waals surface area contributed by atoms with Crippen LogP contribution >= 0.6 is 22.9 Å². The third-order valence-electron chi connectivity index (χ3n) is 9.24. The number of benzene rings is 2. The highest BCUT2D eigenvalue weighted by Gasteiger charge is 2.32. The number of carbonyl (C=O) groups is 1. The van der Waals surface area contributed by atoms with Crippen LogP contribution < -0.4 is 15.8 Å². The van der Waals surface area contributed by atoms with E-state index in [9.17, 15) is 4.79 Å². The minimum Gasteiger partial charge on any atom is -0.491 e. The third kappa shape index (κ3) is 16.1. The van der Waals surface area contributed by atoms with Gasteiger partial charge in [-0.05, 0) is 62.7 Å². The largest absolute Gasteiger partial charge is 0.491 e. The number of aryl methyl sites for hydroxylation is 2. The molecule has 5 rings (SSSR count). The fraction of sp³-hybridized carbons (Fsp3) is 0.535. The number of halogens is 1. The number of thiophene rings is 1. The van der Waals surface area contributed by atoms with Crippen LogP contribution in [0, 0.1) is 20.8 Å². The van der Waals surface area contributed by atoms with Crippen molar-refractivity contribution in [1.82, 2.24) is 14.8 Å². The summed E-state index contributed by atoms with van der Waals surface area (Å²) in [5.74, 6) is 1.83. The Morgan fingerprint density at radius 1 is 0.689 bits per heavy atom. The Bertz CT molecular complexity index is 1910. The molecule has 0 bridgehead atoms. The van der Waals surface area contributed by atoms with E-state index in [2.05, 4.69) is 29.4 Å². The van der Waals surface area contributed by atoms with E-state index in [1.165, 1.54) is 4.88 Å². The van der Waals surface area contributed by atoms with E-state index in [0.717, 1.165) is 33.2 Å². The maximum atomic E-state index is 13.5. The molecule has 0 saturated heterocycles. The van der Waals surface area contributed by atoms with Gasteiger partial charge in [0.2, 0.25) is 5.91 Å². The Labute approximate surface area is 366 Å². The van der Waals surface area contributed by atoms with Crippen LogP contribution in [-0.4, -0.2) is 145 Å². The van der Waals surface area contributed by atoms with Gasteiger partial charge in [0.05, 0.1) is 118 Å². The van der Waals surface area contributed by atoms with Crippen molar-refractivity contribution >= 4 is 40.2 Å². The maximum absolute atomic E-state index is 13.5. The van der Waals surface area contributed by atoms with E-state index in [1.54, 1.807) is 23.5 Å². The Morgan fingerprint density at radius 2 is 1.18 bits per heavy atom. The van der Waals surface area contributed by atoms with Crippen LogP contribution in [0.15, 0.2) is 53.5 Å². The molecule has 1 unspecified atom stereocenters. The van der Waals surface area contributed by atoms with Crippen molar-refractivity contribution in [1.29, 1.82) is 0 Å². The first-order chi connectivity index (χ1) is 29.9. The predicted molar refractivity (Wildman–Crippen MR) is 234 cm³/mol. The summed E-state index contributed by atoms with van der Waals surface area (Å²) < 4.78 is 51.6. The van der Waals surface area contributed by atoms with E-state index in [-0.39, 0.29) is 12.3 Å². The predicted octanol–water partition coefficient (Wildman–Crippen LogP) is 5.30. The third-order valence-corrected chi connectivity index (χ3v) is 10.7. The monoisotopic (exact) mass is 886 g/mol. The number of amides is 1. The molecule has 0 radical (unpaired) electrons. The summed E-state index contributed by atoms with van der Waals surface area (Å²) in [4.78, 5) is 19.8. The Balaban J connectivity index is 0.890. The number of hydrogen-bond acceptors (Lipinski definition) is 15. The number of hydrogen-bond donors (Lipinski definition) is 2. The summed E-state index contributed by atoms with van der Waals surface area (Å²) in [7, 11) is 0. The second-order valence-electron chi connectivity index (χ2n) is 13.7. The number of rotatable bonds is 31. The highest BCUT2D eigenvalue weighted by Crippen LogP contribution is 2.39. The van der Waals surface area contributed by atoms with Crippen molar-refractivity contribution in [3.05, 3.63) is 86.8 Å². The Morgan fingerprint density at radius 3 is 1.69 bits per heavy atom. The van der Waals surface area contributed by atoms with Gasteiger partial charge in [0, 0.05) is 33.3 Å². The number of fused-ring (bicyclic) bond motifs is 3. The number of nitrogens with one attached hydrogen (secondary N) is 1. The quantitative estimate of drug-likeness (QED) is 0.0623. The highest BCUT2D eigenvalue weighted by atomic mass is 35.5. The van der Waals surface area contributed by atoms with Crippen molar-refractivity contribution in [2.75, 3.05) is 124 Å². The Kier molecular flexibility index (Phi) is 21.5. The summed E-state index contributed by atoms with van der Waals surface area (Å²) in [5, 5.41) is 13.5. The number of anilines is 1. The zero-order valence-electron chi connectivity index (χ0n) is 35.4. The molecule has 2 aromatic carbocycles. The first kappa shape index (κ1) is 48.2. The molecular weight excluding hydrogens is 828 g/mol. The van der Waals surface area contributed by atoms with Gasteiger partial charge in [0.1, 0.15) is 29.2 Å². The molecule has 1 atom stereocenters. The second-order valence-corrected chi connectivity index (χ2v) is 15.4. The molecule has 3 heterocycles. The Hall–Kier alpha value is -3.85. The lowest BCUT2D eigenvalue weighted by Crippen LogP contribution is -2.17. The molecule has 4 aromatic rings. The average molecular weight is 887 g/mol. The SMILES string of the molecule is Cc1sc2c(c1C)C(c1ccc(Cl)cc1)=NC(CC(=O)Nc1ccc(OCCOCCOCCOCCOCCOCCOCCOCCOCCN)cc1)c1nnc(C)n1-2. The van der Waals surface area contributed by atoms with Gasteiger partial charge in [-0.2, -0.15) is 0 Å². The molecule has 1 amide bonds. The number of nitrogens with zero attached hydrogens (tertiary/aromatic N) is 4. The standard InChI is InChI=1S/C43H59ClN6O10S/c1-31-32(2)61-43-40(31)41(34-4-6-35(44)7-5-34)47-38(42-49-48-33(3)50(42)43)30-39(51)46-36-8-10-37(11-9-36)60-29-28-59-27-26-58-25-24-57-23-22-56-21-20-55-19-18-54-17-16-53-15-14-52-13-12-45/h4-11,38H,12-30,45H2,1-3H3,(H,46,51). The van der Waals surface area contributed by atoms with Crippen molar-refractivity contribution in [3.8, 4) is 10.8 Å². The van der Waals surface area contributed by atoms with Crippen molar-refractivity contribution in [2.24, 2.45) is 10.7 Å². The smallest absolute Gasteiger partial charge is 0.227 e. The van der Waals surface area contributed by atoms with Crippen LogP contribution in [-0.2, 0) is 42.7 Å². The molecule has 18 heteroatoms. The molecule has 0 aliphatic carbocycles. The zero-order valence-corrected chi connectivity index (χ0v) is 36.9. The molecule has 3 N–H and O–H groups in total. The minimum absolute atomic E-state index is 0.0737. The van der Waals surface area contributed by atoms with Crippen LogP contribution in [0.2, 0.25) is 5.02 Å². The molecule has 2 aromatic heterocycles. The lowest BCUT2D eigenvalue weighted by molar-refractivity contribution is -0.116. The van der Waals surface area contributed by atoms with Crippen LogP contribution in [0.1, 0.15) is 45.7 Å². The molecule has 61 heavy (non-hydrogen) atoms. The van der Waals surface area contributed by atoms with Gasteiger partial charge in [0.25, 0.3) is 0 Å². The molecule has 1 aliphatic rings. The normalized spacial score (nSPS) is 13.5. The topological polar surface area (TPSA) is 181 Å². The van der Waals surface area contributed by atoms with Crippen LogP contribution in [0.3, 0.4) is 0 Å². The van der Waals surface area contributed by atoms with E-state index >= 15 is 0 Å². The van der Waals surface area contributed by atoms with E-state index in [4.69, 9.17) is 65.0 Å². The fourth-order valence-corrected chi connectivity index (χ4v) is 7.44. The number of nitrogens with two attached hydrogens (primary N) is 1. The van der Waals surface area contributed by atoms with Gasteiger partial charge in [-0.15, -0.1) is 21.5 Å². The number of carbonyl (C=O) groups excluding carboxylic acids is 1. The van der Waals surface area contributed by atoms with Gasteiger partial charge < -0.3 is 53.7 Å². The van der Waals surface area contributed by atoms with Crippen LogP contribution in [0.25, 0.3) is 5.00 Å². The van der Waals surface area contributed by atoms with Gasteiger partial charge in [-0.3, -0.25) is 14.4 Å². The molecule has 0 spiro atoms. The van der Waals surface area contributed by atoms with Crippen molar-refractivity contribution in [2.45, 2.75) is 33.2 Å². The van der Waals surface area contributed by atoms with E-state index < -0.39 is 6.04 Å². The number of ether oxygens (including phenoxy) is 9. The average Bonchev–Trinajstić information content (AvgIpc) is 3.74. The molecule has 334 valence electrons. The molecule has 16 nitrogen and oxygen atoms in total. The molecule has 0 saturated carbocycles. The van der Waals surface area contributed by atoms with E-state index in [1.807, 2.05) is 47.9 Å². The first-order valence-electron chi connectivity index (χ1n) is 20.6. The summed E-state index contributed by atoms with van der Waals surface area (Å²) in [6.45, 7) is 14.9. The van der Waals surface area contributed by atoms with Crippen LogP contribution in [0.5, 0.6) is 5.75 Å². The number of aromatic nitrogens is 3. The maximum Gasteiger partial charge on any atom is 0.227 e. The van der Waals surface area contributed by atoms with Gasteiger partial charge >= 0.3 is 0 Å². The minimum atomic E-state index is -0.566. The second kappa shape index (κ2) is 27.3. The van der Waals surface area contributed by atoms with Gasteiger partial charge in [0.15, 0.2) is 5.82 Å². The molecular formula is C43H59ClN6O10S. The van der Waals surface area contributed by atoms with Gasteiger partial charge in [-0.1, -0.05) is 23.7 Å². The highest BCUT2D eigenvalue weighted by molar-refractivity contribution is 7.15. The number of aliphatic imine (C=N–C) groups is 1. The van der Waals surface area contributed by atoms with Crippen molar-refractivity contribution in [3.63, 3.8) is 0 Å². The molecule has 0 fully saturated rings. The lowest BCUT2D eigenvalue weighted by atomic mass is 9.99. The fourth-order valence-electron chi connectivity index (χ4n) is 6.10. The first-order valence-corrected chi connectivity index (χ1v) is 21.8. The summed E-state index contributed by atoms with van der Waals surface area (Å²) >= 11 is 7.91. The van der Waals surface area contributed by atoms with Crippen LogP contribution in [0.4, 0.5) is 5.69 Å². The summed E-state index contributed by atoms with van der Waals surface area (Å²) in [5.41, 5.74) is 9.86. The summed E-state index contributed by atoms with van der Waals surface area (Å²) in [6.07, 6.45) is 0.0737. The summed E-state index contributed by atoms with van der Waals surface area (Å²) in [6, 6.07) is 14.3. The van der Waals surface area contributed by atoms with Gasteiger partial charge in [-0.25, -0.2) is 0 Å². The van der Waals surface area contributed by atoms with Crippen molar-refractivity contribution < 1.29 is 47.4 Å². The van der Waals surface area contributed by atoms with E-state index in [0.29, 0.717) is 141 Å². The zero-order chi connectivity index (χ0) is 43.1.